The average Bonchev–Trinajstić information content (AvgIpc) is 3.08. The van der Waals surface area contributed by atoms with Crippen LogP contribution in [0.2, 0.25) is 0 Å². The standard InChI is InChI=1S/C22H32N6O2/c1-16-13-17(14-18-15-24-25-21(16)18)3-4-20(29)27-8-2-7-26(11-12-27)19-5-9-28(10-6-19)22(23)30/h13-15,19H,2-12H2,1H3,(H2,23,30)(H,24,25). The summed E-state index contributed by atoms with van der Waals surface area (Å²) < 4.78 is 0. The van der Waals surface area contributed by atoms with Gasteiger partial charge in [-0.05, 0) is 49.8 Å². The van der Waals surface area contributed by atoms with E-state index in [9.17, 15) is 9.59 Å². The molecule has 2 aromatic rings. The molecule has 0 unspecified atom stereocenters. The number of aromatic amines is 1. The highest BCUT2D eigenvalue weighted by molar-refractivity contribution is 5.82. The summed E-state index contributed by atoms with van der Waals surface area (Å²) in [5.41, 5.74) is 8.82. The predicted molar refractivity (Wildman–Crippen MR) is 116 cm³/mol. The summed E-state index contributed by atoms with van der Waals surface area (Å²) in [7, 11) is 0. The van der Waals surface area contributed by atoms with Gasteiger partial charge in [-0.15, -0.1) is 0 Å². The topological polar surface area (TPSA) is 98.6 Å². The Hall–Kier alpha value is -2.61. The molecule has 1 aromatic carbocycles. The highest BCUT2D eigenvalue weighted by atomic mass is 16.2. The van der Waals surface area contributed by atoms with Gasteiger partial charge in [-0.25, -0.2) is 4.79 Å². The molecule has 4 rings (SSSR count). The second-order valence-electron chi connectivity index (χ2n) is 8.57. The number of hydrogen-bond acceptors (Lipinski definition) is 4. The van der Waals surface area contributed by atoms with Crippen molar-refractivity contribution >= 4 is 22.8 Å². The maximum absolute atomic E-state index is 12.9. The molecule has 0 atom stereocenters. The number of carbonyl (C=O) groups excluding carboxylic acids is 2. The lowest BCUT2D eigenvalue weighted by Gasteiger charge is -2.37. The highest BCUT2D eigenvalue weighted by Crippen LogP contribution is 2.21. The van der Waals surface area contributed by atoms with E-state index in [0.717, 1.165) is 75.9 Å². The van der Waals surface area contributed by atoms with E-state index in [1.807, 2.05) is 11.1 Å². The zero-order chi connectivity index (χ0) is 21.1. The summed E-state index contributed by atoms with van der Waals surface area (Å²) >= 11 is 0. The third-order valence-electron chi connectivity index (χ3n) is 6.61. The lowest BCUT2D eigenvalue weighted by atomic mass is 10.0. The number of hydrogen-bond donors (Lipinski definition) is 2. The number of urea groups is 1. The first kappa shape index (κ1) is 20.7. The highest BCUT2D eigenvalue weighted by Gasteiger charge is 2.28. The molecule has 1 aromatic heterocycles. The summed E-state index contributed by atoms with van der Waals surface area (Å²) in [5, 5.41) is 8.23. The van der Waals surface area contributed by atoms with Crippen molar-refractivity contribution in [2.45, 2.75) is 45.1 Å². The van der Waals surface area contributed by atoms with Crippen LogP contribution >= 0.6 is 0 Å². The Morgan fingerprint density at radius 2 is 1.90 bits per heavy atom. The van der Waals surface area contributed by atoms with Gasteiger partial charge >= 0.3 is 6.03 Å². The van der Waals surface area contributed by atoms with Gasteiger partial charge in [0.2, 0.25) is 5.91 Å². The lowest BCUT2D eigenvalue weighted by molar-refractivity contribution is -0.131. The maximum Gasteiger partial charge on any atom is 0.314 e. The minimum Gasteiger partial charge on any atom is -0.351 e. The molecule has 0 saturated carbocycles. The Balaban J connectivity index is 1.27. The van der Waals surface area contributed by atoms with Crippen molar-refractivity contribution in [3.05, 3.63) is 29.5 Å². The van der Waals surface area contributed by atoms with Gasteiger partial charge in [0, 0.05) is 57.1 Å². The van der Waals surface area contributed by atoms with Crippen LogP contribution in [0, 0.1) is 6.92 Å². The van der Waals surface area contributed by atoms with E-state index in [4.69, 9.17) is 5.73 Å². The van der Waals surface area contributed by atoms with Crippen molar-refractivity contribution < 1.29 is 9.59 Å². The molecule has 8 nitrogen and oxygen atoms in total. The van der Waals surface area contributed by atoms with Gasteiger partial charge in [0.15, 0.2) is 0 Å². The fraction of sp³-hybridized carbons (Fsp3) is 0.591. The Kier molecular flexibility index (Phi) is 6.22. The molecule has 0 aliphatic carbocycles. The normalized spacial score (nSPS) is 19.2. The molecule has 3 amide bonds. The maximum atomic E-state index is 12.9. The zero-order valence-corrected chi connectivity index (χ0v) is 17.8. The largest absolute Gasteiger partial charge is 0.351 e. The molecular weight excluding hydrogens is 380 g/mol. The number of nitrogens with zero attached hydrogens (tertiary/aromatic N) is 4. The van der Waals surface area contributed by atoms with Crippen LogP contribution in [-0.2, 0) is 11.2 Å². The summed E-state index contributed by atoms with van der Waals surface area (Å²) in [6.07, 6.45) is 6.07. The number of amides is 3. The lowest BCUT2D eigenvalue weighted by Crippen LogP contribution is -2.49. The van der Waals surface area contributed by atoms with E-state index in [1.54, 1.807) is 4.90 Å². The van der Waals surface area contributed by atoms with Crippen LogP contribution in [-0.4, -0.2) is 82.1 Å². The van der Waals surface area contributed by atoms with Crippen LogP contribution in [0.1, 0.15) is 36.8 Å². The fourth-order valence-electron chi connectivity index (χ4n) is 4.87. The Bertz CT molecular complexity index is 902. The second kappa shape index (κ2) is 9.04. The minimum absolute atomic E-state index is 0.241. The van der Waals surface area contributed by atoms with Gasteiger partial charge in [-0.3, -0.25) is 14.8 Å². The number of benzene rings is 1. The molecule has 2 aliphatic rings. The van der Waals surface area contributed by atoms with Crippen molar-refractivity contribution in [1.82, 2.24) is 24.9 Å². The Morgan fingerprint density at radius 1 is 1.10 bits per heavy atom. The van der Waals surface area contributed by atoms with E-state index in [-0.39, 0.29) is 11.9 Å². The molecule has 0 bridgehead atoms. The van der Waals surface area contributed by atoms with Crippen molar-refractivity contribution in [2.24, 2.45) is 5.73 Å². The van der Waals surface area contributed by atoms with E-state index in [0.29, 0.717) is 12.5 Å². The molecule has 0 spiro atoms. The molecule has 162 valence electrons. The van der Waals surface area contributed by atoms with Gasteiger partial charge in [0.25, 0.3) is 0 Å². The van der Waals surface area contributed by atoms with Crippen LogP contribution in [0.25, 0.3) is 10.9 Å². The monoisotopic (exact) mass is 412 g/mol. The number of H-pyrrole nitrogens is 1. The first-order valence-corrected chi connectivity index (χ1v) is 11.0. The number of aromatic nitrogens is 2. The van der Waals surface area contributed by atoms with E-state index in [1.165, 1.54) is 11.1 Å². The van der Waals surface area contributed by atoms with Crippen LogP contribution in [0.3, 0.4) is 0 Å². The molecule has 3 heterocycles. The number of nitrogens with two attached hydrogens (primary N) is 1. The molecule has 2 fully saturated rings. The summed E-state index contributed by atoms with van der Waals surface area (Å²) in [6.45, 7) is 7.08. The molecule has 2 aliphatic heterocycles. The second-order valence-corrected chi connectivity index (χ2v) is 8.57. The van der Waals surface area contributed by atoms with E-state index >= 15 is 0 Å². The number of primary amides is 1. The quantitative estimate of drug-likeness (QED) is 0.801. The number of rotatable bonds is 4. The molecule has 3 N–H and O–H groups in total. The van der Waals surface area contributed by atoms with E-state index in [2.05, 4.69) is 34.2 Å². The van der Waals surface area contributed by atoms with Crippen molar-refractivity contribution in [1.29, 1.82) is 0 Å². The minimum atomic E-state index is -0.316. The number of nitrogens with one attached hydrogen (secondary N) is 1. The Labute approximate surface area is 177 Å². The average molecular weight is 413 g/mol. The predicted octanol–water partition coefficient (Wildman–Crippen LogP) is 1.88. The van der Waals surface area contributed by atoms with Crippen molar-refractivity contribution in [3.8, 4) is 0 Å². The van der Waals surface area contributed by atoms with Gasteiger partial charge in [0.05, 0.1) is 11.7 Å². The van der Waals surface area contributed by atoms with Crippen molar-refractivity contribution in [3.63, 3.8) is 0 Å². The Morgan fingerprint density at radius 3 is 2.67 bits per heavy atom. The summed E-state index contributed by atoms with van der Waals surface area (Å²) in [5.74, 6) is 0.241. The molecule has 0 radical (unpaired) electrons. The molecule has 30 heavy (non-hydrogen) atoms. The zero-order valence-electron chi connectivity index (χ0n) is 17.8. The van der Waals surface area contributed by atoms with Gasteiger partial charge in [-0.2, -0.15) is 5.10 Å². The number of carbonyl (C=O) groups is 2. The number of aryl methyl sites for hydroxylation is 2. The number of piperidine rings is 1. The van der Waals surface area contributed by atoms with Gasteiger partial charge in [-0.1, -0.05) is 6.07 Å². The fourth-order valence-corrected chi connectivity index (χ4v) is 4.87. The third kappa shape index (κ3) is 4.59. The van der Waals surface area contributed by atoms with Gasteiger partial charge in [0.1, 0.15) is 0 Å². The molecule has 8 heteroatoms. The van der Waals surface area contributed by atoms with Crippen LogP contribution in [0.5, 0.6) is 0 Å². The number of fused-ring (bicyclic) bond motifs is 1. The van der Waals surface area contributed by atoms with E-state index < -0.39 is 0 Å². The van der Waals surface area contributed by atoms with Gasteiger partial charge < -0.3 is 15.5 Å². The SMILES string of the molecule is Cc1cc(CCC(=O)N2CCCN(C3CCN(C(N)=O)CC3)CC2)cc2cn[nH]c12. The summed E-state index contributed by atoms with van der Waals surface area (Å²) in [4.78, 5) is 30.4. The smallest absolute Gasteiger partial charge is 0.314 e. The third-order valence-corrected chi connectivity index (χ3v) is 6.61. The molecule has 2 saturated heterocycles. The first-order valence-electron chi connectivity index (χ1n) is 11.0. The first-order chi connectivity index (χ1) is 14.5. The summed E-state index contributed by atoms with van der Waals surface area (Å²) in [6, 6.07) is 4.45. The number of likely N-dealkylation sites (tertiary alicyclic amines) is 1. The van der Waals surface area contributed by atoms with Crippen LogP contribution in [0.15, 0.2) is 18.3 Å². The molecular formula is C22H32N6O2. The van der Waals surface area contributed by atoms with Crippen LogP contribution in [0.4, 0.5) is 4.79 Å². The van der Waals surface area contributed by atoms with Crippen molar-refractivity contribution in [2.75, 3.05) is 39.3 Å². The van der Waals surface area contributed by atoms with Crippen LogP contribution < -0.4 is 5.73 Å².